The van der Waals surface area contributed by atoms with Crippen molar-refractivity contribution in [3.05, 3.63) is 11.9 Å². The Hall–Kier alpha value is -2.05. The molecule has 1 saturated carbocycles. The quantitative estimate of drug-likeness (QED) is 0.511. The van der Waals surface area contributed by atoms with Crippen molar-refractivity contribution in [1.82, 2.24) is 29.9 Å². The van der Waals surface area contributed by atoms with Crippen LogP contribution in [0, 0.1) is 5.41 Å². The van der Waals surface area contributed by atoms with Crippen molar-refractivity contribution in [1.29, 1.82) is 0 Å². The Morgan fingerprint density at radius 1 is 1.31 bits per heavy atom. The van der Waals surface area contributed by atoms with Crippen molar-refractivity contribution in [2.75, 3.05) is 18.8 Å². The van der Waals surface area contributed by atoms with Crippen LogP contribution in [0.5, 0.6) is 0 Å². The summed E-state index contributed by atoms with van der Waals surface area (Å²) in [6.07, 6.45) is 3.71. The summed E-state index contributed by atoms with van der Waals surface area (Å²) < 4.78 is 27.2. The smallest absolute Gasteiger partial charge is 0.248 e. The molecule has 1 unspecified atom stereocenters. The standard InChI is InChI=1S/C20H32N6O5S/c1-20(2,3)17(26-11-15(22-24-26)12-4-5-12)19(29)25-10-14(27)8-16(25)18(28)21-9-13-6-7-32(30,31)23-13/h11-14,16-17,23,27H,4-10H2,1-3H3,(H,21,28)/t13?,14-,16+,17+/m1/s1. The first-order valence-corrected chi connectivity index (χ1v) is 12.8. The van der Waals surface area contributed by atoms with E-state index in [2.05, 4.69) is 20.4 Å². The monoisotopic (exact) mass is 468 g/mol. The Labute approximate surface area is 188 Å². The zero-order chi connectivity index (χ0) is 23.3. The highest BCUT2D eigenvalue weighted by molar-refractivity contribution is 7.89. The van der Waals surface area contributed by atoms with Gasteiger partial charge in [-0.2, -0.15) is 0 Å². The topological polar surface area (TPSA) is 147 Å². The highest BCUT2D eigenvalue weighted by Gasteiger charge is 2.45. The van der Waals surface area contributed by atoms with Gasteiger partial charge in [0, 0.05) is 37.7 Å². The predicted molar refractivity (Wildman–Crippen MR) is 115 cm³/mol. The average Bonchev–Trinajstić information content (AvgIpc) is 3.12. The minimum Gasteiger partial charge on any atom is -0.391 e. The van der Waals surface area contributed by atoms with Crippen molar-refractivity contribution in [3.63, 3.8) is 0 Å². The van der Waals surface area contributed by atoms with Crippen LogP contribution in [0.2, 0.25) is 0 Å². The number of sulfonamides is 1. The third-order valence-electron chi connectivity index (χ3n) is 6.31. The van der Waals surface area contributed by atoms with E-state index in [4.69, 9.17) is 0 Å². The fourth-order valence-corrected chi connectivity index (χ4v) is 5.90. The van der Waals surface area contributed by atoms with E-state index < -0.39 is 39.5 Å². The Morgan fingerprint density at radius 2 is 2.03 bits per heavy atom. The van der Waals surface area contributed by atoms with Crippen LogP contribution in [0.25, 0.3) is 0 Å². The lowest BCUT2D eigenvalue weighted by atomic mass is 9.85. The van der Waals surface area contributed by atoms with E-state index >= 15 is 0 Å². The summed E-state index contributed by atoms with van der Waals surface area (Å²) in [7, 11) is -3.27. The van der Waals surface area contributed by atoms with E-state index in [0.717, 1.165) is 18.5 Å². The molecule has 11 nitrogen and oxygen atoms in total. The molecule has 1 aromatic rings. The molecule has 0 aromatic carbocycles. The van der Waals surface area contributed by atoms with E-state index in [-0.39, 0.29) is 37.2 Å². The van der Waals surface area contributed by atoms with E-state index in [1.807, 2.05) is 27.0 Å². The molecular formula is C20H32N6O5S. The second-order valence-corrected chi connectivity index (χ2v) is 12.1. The van der Waals surface area contributed by atoms with Crippen LogP contribution in [-0.4, -0.2) is 82.3 Å². The Morgan fingerprint density at radius 3 is 2.62 bits per heavy atom. The number of hydrogen-bond acceptors (Lipinski definition) is 7. The minimum atomic E-state index is -3.27. The number of rotatable bonds is 6. The first-order chi connectivity index (χ1) is 14.9. The van der Waals surface area contributed by atoms with Gasteiger partial charge in [0.25, 0.3) is 0 Å². The van der Waals surface area contributed by atoms with Gasteiger partial charge in [-0.05, 0) is 24.7 Å². The molecule has 32 heavy (non-hydrogen) atoms. The van der Waals surface area contributed by atoms with Gasteiger partial charge in [0.1, 0.15) is 12.1 Å². The molecule has 4 atom stereocenters. The normalized spacial score (nSPS) is 28.6. The third kappa shape index (κ3) is 4.96. The second kappa shape index (κ2) is 8.38. The lowest BCUT2D eigenvalue weighted by Crippen LogP contribution is -2.51. The lowest BCUT2D eigenvalue weighted by Gasteiger charge is -2.34. The first kappa shape index (κ1) is 23.1. The molecule has 3 aliphatic rings. The molecule has 2 aliphatic heterocycles. The SMILES string of the molecule is CC(C)(C)[C@H](C(=O)N1C[C@H](O)C[C@H]1C(=O)NCC1CCS(=O)(=O)N1)n1cc(C2CC2)nn1. The summed E-state index contributed by atoms with van der Waals surface area (Å²) in [5.74, 6) is -0.248. The molecule has 2 saturated heterocycles. The largest absolute Gasteiger partial charge is 0.391 e. The molecule has 3 fully saturated rings. The van der Waals surface area contributed by atoms with Crippen LogP contribution < -0.4 is 10.0 Å². The highest BCUT2D eigenvalue weighted by atomic mass is 32.2. The molecule has 3 N–H and O–H groups in total. The maximum atomic E-state index is 13.6. The summed E-state index contributed by atoms with van der Waals surface area (Å²) in [4.78, 5) is 28.0. The van der Waals surface area contributed by atoms with Gasteiger partial charge in [-0.1, -0.05) is 26.0 Å². The van der Waals surface area contributed by atoms with Crippen LogP contribution in [-0.2, 0) is 19.6 Å². The maximum absolute atomic E-state index is 13.6. The van der Waals surface area contributed by atoms with Gasteiger partial charge < -0.3 is 15.3 Å². The van der Waals surface area contributed by atoms with Crippen LogP contribution >= 0.6 is 0 Å². The average molecular weight is 469 g/mol. The van der Waals surface area contributed by atoms with Crippen LogP contribution in [0.3, 0.4) is 0 Å². The number of aliphatic hydroxyl groups excluding tert-OH is 1. The molecule has 3 heterocycles. The fourth-order valence-electron chi connectivity index (χ4n) is 4.48. The van der Waals surface area contributed by atoms with Crippen LogP contribution in [0.15, 0.2) is 6.20 Å². The first-order valence-electron chi connectivity index (χ1n) is 11.1. The Kier molecular flexibility index (Phi) is 6.05. The molecule has 2 amide bonds. The summed E-state index contributed by atoms with van der Waals surface area (Å²) in [6, 6.07) is -1.87. The van der Waals surface area contributed by atoms with E-state index in [1.165, 1.54) is 4.90 Å². The molecule has 178 valence electrons. The maximum Gasteiger partial charge on any atom is 0.248 e. The van der Waals surface area contributed by atoms with Gasteiger partial charge in [-0.3, -0.25) is 9.59 Å². The second-order valence-electron chi connectivity index (χ2n) is 10.2. The zero-order valence-electron chi connectivity index (χ0n) is 18.7. The van der Waals surface area contributed by atoms with Crippen molar-refractivity contribution in [3.8, 4) is 0 Å². The number of amides is 2. The number of aromatic nitrogens is 3. The van der Waals surface area contributed by atoms with E-state index in [9.17, 15) is 23.1 Å². The van der Waals surface area contributed by atoms with Crippen molar-refractivity contribution < 1.29 is 23.1 Å². The number of carbonyl (C=O) groups is 2. The molecule has 0 radical (unpaired) electrons. The zero-order valence-corrected chi connectivity index (χ0v) is 19.5. The predicted octanol–water partition coefficient (Wildman–Crippen LogP) is -0.488. The summed E-state index contributed by atoms with van der Waals surface area (Å²) in [5.41, 5.74) is 0.379. The molecule has 12 heteroatoms. The van der Waals surface area contributed by atoms with Crippen LogP contribution in [0.4, 0.5) is 0 Å². The molecule has 1 aromatic heterocycles. The number of carbonyl (C=O) groups excluding carboxylic acids is 2. The van der Waals surface area contributed by atoms with Crippen molar-refractivity contribution >= 4 is 21.8 Å². The summed E-state index contributed by atoms with van der Waals surface area (Å²) in [6.45, 7) is 6.00. The third-order valence-corrected chi connectivity index (χ3v) is 7.78. The van der Waals surface area contributed by atoms with Gasteiger partial charge in [-0.15, -0.1) is 5.10 Å². The van der Waals surface area contributed by atoms with Gasteiger partial charge in [0.05, 0.1) is 17.6 Å². The van der Waals surface area contributed by atoms with Crippen molar-refractivity contribution in [2.45, 2.75) is 76.6 Å². The number of nitrogens with zero attached hydrogens (tertiary/aromatic N) is 4. The van der Waals surface area contributed by atoms with Gasteiger partial charge in [0.15, 0.2) is 0 Å². The van der Waals surface area contributed by atoms with Crippen molar-refractivity contribution in [2.24, 2.45) is 5.41 Å². The number of aliphatic hydroxyl groups is 1. The Bertz CT molecular complexity index is 983. The van der Waals surface area contributed by atoms with Gasteiger partial charge in [-0.25, -0.2) is 17.8 Å². The molecule has 0 bridgehead atoms. The molecular weight excluding hydrogens is 436 g/mol. The van der Waals surface area contributed by atoms with E-state index in [0.29, 0.717) is 12.3 Å². The van der Waals surface area contributed by atoms with Crippen LogP contribution in [0.1, 0.15) is 64.1 Å². The van der Waals surface area contributed by atoms with E-state index in [1.54, 1.807) is 4.68 Å². The molecule has 1 aliphatic carbocycles. The number of hydrogen-bond donors (Lipinski definition) is 3. The number of likely N-dealkylation sites (tertiary alicyclic amines) is 1. The molecule has 4 rings (SSSR count). The lowest BCUT2D eigenvalue weighted by molar-refractivity contribution is -0.144. The summed E-state index contributed by atoms with van der Waals surface area (Å²) in [5, 5.41) is 21.5. The fraction of sp³-hybridized carbons (Fsp3) is 0.800. The molecule has 0 spiro atoms. The number of β-amino-alcohol motifs (C(OH)–C–C–N with tert-alkyl or cyclic N) is 1. The Balaban J connectivity index is 1.48. The van der Waals surface area contributed by atoms with Gasteiger partial charge >= 0.3 is 0 Å². The highest BCUT2D eigenvalue weighted by Crippen LogP contribution is 2.40. The van der Waals surface area contributed by atoms with Gasteiger partial charge in [0.2, 0.25) is 21.8 Å². The number of nitrogens with one attached hydrogen (secondary N) is 2. The summed E-state index contributed by atoms with van der Waals surface area (Å²) >= 11 is 0. The minimum absolute atomic E-state index is 0.0360.